The van der Waals surface area contributed by atoms with Crippen molar-refractivity contribution in [2.75, 3.05) is 32.8 Å². The minimum absolute atomic E-state index is 0.123. The Labute approximate surface area is 197 Å². The molecule has 6 nitrogen and oxygen atoms in total. The van der Waals surface area contributed by atoms with Crippen LogP contribution < -0.4 is 10.6 Å². The molecular weight excluding hydrogens is 452 g/mol. The number of morpholine rings is 1. The first-order valence-corrected chi connectivity index (χ1v) is 11.3. The smallest absolute Gasteiger partial charge is 0.257 e. The Hall–Kier alpha value is -2.55. The zero-order chi connectivity index (χ0) is 24.0. The molecule has 33 heavy (non-hydrogen) atoms. The van der Waals surface area contributed by atoms with Gasteiger partial charge >= 0.3 is 0 Å². The van der Waals surface area contributed by atoms with Crippen molar-refractivity contribution in [3.63, 3.8) is 0 Å². The highest BCUT2D eigenvalue weighted by atomic mass is 35.5. The zero-order valence-electron chi connectivity index (χ0n) is 18.6. The molecule has 2 aromatic rings. The summed E-state index contributed by atoms with van der Waals surface area (Å²) >= 11 is 6.03. The Morgan fingerprint density at radius 2 is 1.67 bits per heavy atom. The third-order valence-electron chi connectivity index (χ3n) is 5.64. The Bertz CT molecular complexity index is 946. The molecule has 2 aromatic carbocycles. The van der Waals surface area contributed by atoms with Crippen molar-refractivity contribution in [1.29, 1.82) is 0 Å². The lowest BCUT2D eigenvalue weighted by atomic mass is 10.0. The molecule has 1 aliphatic heterocycles. The summed E-state index contributed by atoms with van der Waals surface area (Å²) in [4.78, 5) is 27.8. The van der Waals surface area contributed by atoms with Crippen LogP contribution in [-0.4, -0.2) is 55.6 Å². The van der Waals surface area contributed by atoms with Gasteiger partial charge in [0.2, 0.25) is 5.91 Å². The molecule has 0 saturated carbocycles. The molecule has 178 valence electrons. The van der Waals surface area contributed by atoms with Gasteiger partial charge in [0.05, 0.1) is 19.3 Å². The van der Waals surface area contributed by atoms with E-state index in [4.69, 9.17) is 16.3 Å². The Morgan fingerprint density at radius 1 is 1.06 bits per heavy atom. The fourth-order valence-electron chi connectivity index (χ4n) is 3.80. The fraction of sp³-hybridized carbons (Fsp3) is 0.417. The van der Waals surface area contributed by atoms with Crippen LogP contribution in [0.2, 0.25) is 5.02 Å². The second-order valence-electron chi connectivity index (χ2n) is 8.25. The molecule has 1 fully saturated rings. The first kappa shape index (κ1) is 25.1. The number of amides is 2. The van der Waals surface area contributed by atoms with Gasteiger partial charge in [0, 0.05) is 24.7 Å². The summed E-state index contributed by atoms with van der Waals surface area (Å²) in [6, 6.07) is 9.52. The fourth-order valence-corrected chi connectivity index (χ4v) is 3.93. The average molecular weight is 480 g/mol. The second-order valence-corrected chi connectivity index (χ2v) is 8.69. The van der Waals surface area contributed by atoms with Crippen molar-refractivity contribution in [3.8, 4) is 0 Å². The van der Waals surface area contributed by atoms with Crippen molar-refractivity contribution in [2.24, 2.45) is 5.92 Å². The maximum Gasteiger partial charge on any atom is 0.257 e. The van der Waals surface area contributed by atoms with Crippen LogP contribution in [0.3, 0.4) is 0 Å². The maximum absolute atomic E-state index is 14.0. The van der Waals surface area contributed by atoms with Gasteiger partial charge in [0.15, 0.2) is 0 Å². The molecule has 9 heteroatoms. The molecular formula is C24H28ClF2N3O3. The first-order valence-electron chi connectivity index (χ1n) is 10.9. The molecule has 0 spiro atoms. The monoisotopic (exact) mass is 479 g/mol. The van der Waals surface area contributed by atoms with Gasteiger partial charge < -0.3 is 15.4 Å². The van der Waals surface area contributed by atoms with Gasteiger partial charge in [-0.3, -0.25) is 14.5 Å². The van der Waals surface area contributed by atoms with Crippen LogP contribution in [0.15, 0.2) is 42.5 Å². The normalized spacial score (nSPS) is 16.3. The third-order valence-corrected chi connectivity index (χ3v) is 5.89. The van der Waals surface area contributed by atoms with Gasteiger partial charge in [-0.1, -0.05) is 43.6 Å². The summed E-state index contributed by atoms with van der Waals surface area (Å²) in [5.74, 6) is -3.67. The highest BCUT2D eigenvalue weighted by molar-refractivity contribution is 6.30. The molecule has 2 N–H and O–H groups in total. The Kier molecular flexibility index (Phi) is 8.77. The van der Waals surface area contributed by atoms with E-state index in [1.54, 1.807) is 26.0 Å². The molecule has 2 atom stereocenters. The van der Waals surface area contributed by atoms with Crippen LogP contribution in [0.25, 0.3) is 0 Å². The van der Waals surface area contributed by atoms with E-state index < -0.39 is 35.1 Å². The van der Waals surface area contributed by atoms with Crippen molar-refractivity contribution in [1.82, 2.24) is 15.5 Å². The summed E-state index contributed by atoms with van der Waals surface area (Å²) in [6.07, 6.45) is 0. The van der Waals surface area contributed by atoms with E-state index in [9.17, 15) is 18.4 Å². The minimum atomic E-state index is -0.981. The molecule has 1 heterocycles. The van der Waals surface area contributed by atoms with E-state index in [1.807, 2.05) is 12.1 Å². The van der Waals surface area contributed by atoms with Gasteiger partial charge in [-0.05, 0) is 35.7 Å². The lowest BCUT2D eigenvalue weighted by molar-refractivity contribution is -0.124. The van der Waals surface area contributed by atoms with Gasteiger partial charge in [0.25, 0.3) is 5.91 Å². The molecule has 1 saturated heterocycles. The lowest BCUT2D eigenvalue weighted by Gasteiger charge is -2.35. The number of rotatable bonds is 8. The summed E-state index contributed by atoms with van der Waals surface area (Å²) in [5, 5.41) is 6.00. The van der Waals surface area contributed by atoms with Crippen molar-refractivity contribution in [3.05, 3.63) is 70.2 Å². The number of carbonyl (C=O) groups excluding carboxylic acids is 2. The number of hydrogen-bond donors (Lipinski definition) is 2. The number of hydrogen-bond acceptors (Lipinski definition) is 4. The first-order chi connectivity index (χ1) is 15.8. The standard InChI is InChI=1S/C24H28ClF2N3O3/c1-15(2)22(29-23(31)21-18(26)4-3-5-19(21)27)24(32)28-14-20(30-10-12-33-13-11-30)16-6-8-17(25)9-7-16/h3-9,15,20,22H,10-14H2,1-2H3,(H,28,32)(H,29,31)/t20?,22-/m0/s1. The molecule has 1 aliphatic rings. The molecule has 0 radical (unpaired) electrons. The molecule has 0 aliphatic carbocycles. The van der Waals surface area contributed by atoms with E-state index in [-0.39, 0.29) is 18.5 Å². The van der Waals surface area contributed by atoms with Crippen LogP contribution in [0.4, 0.5) is 8.78 Å². The SMILES string of the molecule is CC(C)[C@H](NC(=O)c1c(F)cccc1F)C(=O)NCC(c1ccc(Cl)cc1)N1CCOCC1. The van der Waals surface area contributed by atoms with Crippen molar-refractivity contribution < 1.29 is 23.1 Å². The Morgan fingerprint density at radius 3 is 2.24 bits per heavy atom. The maximum atomic E-state index is 14.0. The number of benzene rings is 2. The van der Waals surface area contributed by atoms with Gasteiger partial charge in [-0.25, -0.2) is 8.78 Å². The number of nitrogens with one attached hydrogen (secondary N) is 2. The predicted molar refractivity (Wildman–Crippen MR) is 122 cm³/mol. The number of carbonyl (C=O) groups is 2. The molecule has 0 bridgehead atoms. The van der Waals surface area contributed by atoms with Crippen molar-refractivity contribution in [2.45, 2.75) is 25.9 Å². The van der Waals surface area contributed by atoms with E-state index in [0.717, 1.165) is 17.7 Å². The summed E-state index contributed by atoms with van der Waals surface area (Å²) in [5.41, 5.74) is 0.281. The number of ether oxygens (including phenoxy) is 1. The van der Waals surface area contributed by atoms with Crippen molar-refractivity contribution >= 4 is 23.4 Å². The summed E-state index contributed by atoms with van der Waals surface area (Å²) in [6.45, 7) is 6.39. The molecule has 0 aromatic heterocycles. The number of nitrogens with zero attached hydrogens (tertiary/aromatic N) is 1. The van der Waals surface area contributed by atoms with E-state index in [2.05, 4.69) is 15.5 Å². The molecule has 1 unspecified atom stereocenters. The lowest BCUT2D eigenvalue weighted by Crippen LogP contribution is -2.52. The van der Waals surface area contributed by atoms with Gasteiger partial charge in [-0.2, -0.15) is 0 Å². The van der Waals surface area contributed by atoms with Crippen LogP contribution in [0.1, 0.15) is 35.8 Å². The quantitative estimate of drug-likeness (QED) is 0.607. The Balaban J connectivity index is 1.72. The predicted octanol–water partition coefficient (Wildman–Crippen LogP) is 3.56. The largest absolute Gasteiger partial charge is 0.379 e. The third kappa shape index (κ3) is 6.50. The summed E-state index contributed by atoms with van der Waals surface area (Å²) in [7, 11) is 0. The van der Waals surface area contributed by atoms with E-state index in [0.29, 0.717) is 31.3 Å². The van der Waals surface area contributed by atoms with E-state index >= 15 is 0 Å². The average Bonchev–Trinajstić information content (AvgIpc) is 2.79. The molecule has 2 amide bonds. The zero-order valence-corrected chi connectivity index (χ0v) is 19.4. The van der Waals surface area contributed by atoms with Crippen LogP contribution in [-0.2, 0) is 9.53 Å². The number of halogens is 3. The van der Waals surface area contributed by atoms with Crippen LogP contribution in [0, 0.1) is 17.6 Å². The minimum Gasteiger partial charge on any atom is -0.379 e. The highest BCUT2D eigenvalue weighted by Crippen LogP contribution is 2.23. The molecule has 3 rings (SSSR count). The van der Waals surface area contributed by atoms with E-state index in [1.165, 1.54) is 6.07 Å². The topological polar surface area (TPSA) is 70.7 Å². The van der Waals surface area contributed by atoms with Crippen LogP contribution in [0.5, 0.6) is 0 Å². The van der Waals surface area contributed by atoms with Crippen LogP contribution >= 0.6 is 11.6 Å². The van der Waals surface area contributed by atoms with Gasteiger partial charge in [-0.15, -0.1) is 0 Å². The second kappa shape index (κ2) is 11.5. The highest BCUT2D eigenvalue weighted by Gasteiger charge is 2.29. The summed E-state index contributed by atoms with van der Waals surface area (Å²) < 4.78 is 33.5. The van der Waals surface area contributed by atoms with Gasteiger partial charge in [0.1, 0.15) is 23.2 Å².